The first kappa shape index (κ1) is 17.1. The number of hydrogen-bond donors (Lipinski definition) is 1. The lowest BCUT2D eigenvalue weighted by Crippen LogP contribution is -2.44. The first-order valence-corrected chi connectivity index (χ1v) is 8.42. The van der Waals surface area contributed by atoms with Crippen LogP contribution in [0.4, 0.5) is 5.69 Å². The van der Waals surface area contributed by atoms with E-state index in [2.05, 4.69) is 27.5 Å². The molecule has 1 N–H and O–H groups in total. The summed E-state index contributed by atoms with van der Waals surface area (Å²) >= 11 is 0. The number of anilines is 1. The minimum Gasteiger partial charge on any atom is -0.342 e. The molecule has 1 fully saturated rings. The number of rotatable bonds is 4. The predicted molar refractivity (Wildman–Crippen MR) is 94.3 cm³/mol. The summed E-state index contributed by atoms with van der Waals surface area (Å²) in [5.41, 5.74) is 4.29. The van der Waals surface area contributed by atoms with E-state index in [1.165, 1.54) is 22.9 Å². The van der Waals surface area contributed by atoms with Gasteiger partial charge in [-0.05, 0) is 45.2 Å². The largest absolute Gasteiger partial charge is 0.342 e. The molecule has 0 aliphatic carbocycles. The minimum atomic E-state index is -0.507. The van der Waals surface area contributed by atoms with Gasteiger partial charge in [0, 0.05) is 12.2 Å². The van der Waals surface area contributed by atoms with Crippen LogP contribution in [-0.2, 0) is 9.59 Å². The lowest BCUT2D eigenvalue weighted by Gasteiger charge is -2.22. The van der Waals surface area contributed by atoms with Crippen LogP contribution in [0.3, 0.4) is 0 Å². The van der Waals surface area contributed by atoms with Crippen molar-refractivity contribution in [3.05, 3.63) is 41.5 Å². The number of amides is 2. The maximum atomic E-state index is 12.8. The Kier molecular flexibility index (Phi) is 4.57. The Bertz CT molecular complexity index is 777. The number of aromatic nitrogens is 3. The Morgan fingerprint density at radius 3 is 2.56 bits per heavy atom. The zero-order valence-electron chi connectivity index (χ0n) is 15.0. The van der Waals surface area contributed by atoms with Crippen molar-refractivity contribution < 1.29 is 9.59 Å². The molecule has 3 rings (SSSR count). The van der Waals surface area contributed by atoms with E-state index >= 15 is 0 Å². The van der Waals surface area contributed by atoms with Crippen molar-refractivity contribution >= 4 is 17.5 Å². The Hall–Kier alpha value is -2.70. The van der Waals surface area contributed by atoms with E-state index in [4.69, 9.17) is 0 Å². The highest BCUT2D eigenvalue weighted by Crippen LogP contribution is 2.30. The third-order valence-corrected chi connectivity index (χ3v) is 4.64. The van der Waals surface area contributed by atoms with Crippen molar-refractivity contribution in [1.82, 2.24) is 20.1 Å². The molecule has 0 bridgehead atoms. The maximum absolute atomic E-state index is 12.8. The summed E-state index contributed by atoms with van der Waals surface area (Å²) in [7, 11) is 0. The van der Waals surface area contributed by atoms with Gasteiger partial charge in [-0.1, -0.05) is 17.7 Å². The molecule has 7 heteroatoms. The summed E-state index contributed by atoms with van der Waals surface area (Å²) in [6.45, 7) is 8.41. The molecular formula is C18H23N5O2. The number of nitrogens with one attached hydrogen (secondary N) is 1. The summed E-state index contributed by atoms with van der Waals surface area (Å²) in [6.07, 6.45) is 3.47. The normalized spacial score (nSPS) is 18.5. The molecule has 7 nitrogen and oxygen atoms in total. The van der Waals surface area contributed by atoms with E-state index in [1.54, 1.807) is 11.8 Å². The molecule has 0 spiro atoms. The van der Waals surface area contributed by atoms with Crippen LogP contribution >= 0.6 is 0 Å². The van der Waals surface area contributed by atoms with Crippen molar-refractivity contribution in [3.63, 3.8) is 0 Å². The van der Waals surface area contributed by atoms with Crippen LogP contribution in [0.15, 0.2) is 24.8 Å². The number of hydrogen-bond acceptors (Lipinski definition) is 4. The van der Waals surface area contributed by atoms with Crippen LogP contribution < -0.4 is 10.2 Å². The van der Waals surface area contributed by atoms with Gasteiger partial charge >= 0.3 is 0 Å². The molecule has 2 heterocycles. The van der Waals surface area contributed by atoms with Crippen LogP contribution in [0.25, 0.3) is 0 Å². The standard InChI is InChI=1S/C18H23N5O2/c1-11-7-12(2)16(13(3)8-11)22-6-5-15(18(22)25)21-17(24)14(4)23-10-19-9-20-23/h7-10,14-15H,5-6H2,1-4H3,(H,21,24)/t14-,15+/m0/s1. The first-order chi connectivity index (χ1) is 11.9. The molecule has 1 aliphatic rings. The minimum absolute atomic E-state index is 0.0609. The van der Waals surface area contributed by atoms with E-state index in [0.29, 0.717) is 13.0 Å². The number of carbonyl (C=O) groups is 2. The van der Waals surface area contributed by atoms with Gasteiger partial charge in [0.05, 0.1) is 0 Å². The van der Waals surface area contributed by atoms with E-state index in [0.717, 1.165) is 16.8 Å². The third kappa shape index (κ3) is 3.26. The molecule has 25 heavy (non-hydrogen) atoms. The highest BCUT2D eigenvalue weighted by atomic mass is 16.2. The van der Waals surface area contributed by atoms with Crippen LogP contribution in [0.2, 0.25) is 0 Å². The average molecular weight is 341 g/mol. The third-order valence-electron chi connectivity index (χ3n) is 4.64. The number of aryl methyl sites for hydroxylation is 3. The molecule has 132 valence electrons. The summed E-state index contributed by atoms with van der Waals surface area (Å²) in [4.78, 5) is 30.8. The molecule has 1 saturated heterocycles. The van der Waals surface area contributed by atoms with Gasteiger partial charge in [-0.25, -0.2) is 9.67 Å². The van der Waals surface area contributed by atoms with E-state index in [1.807, 2.05) is 20.8 Å². The monoisotopic (exact) mass is 341 g/mol. The topological polar surface area (TPSA) is 80.1 Å². The highest BCUT2D eigenvalue weighted by Gasteiger charge is 2.35. The summed E-state index contributed by atoms with van der Waals surface area (Å²) in [6, 6.07) is 3.15. The lowest BCUT2D eigenvalue weighted by molar-refractivity contribution is -0.128. The van der Waals surface area contributed by atoms with E-state index < -0.39 is 12.1 Å². The lowest BCUT2D eigenvalue weighted by atomic mass is 10.0. The maximum Gasteiger partial charge on any atom is 0.249 e. The summed E-state index contributed by atoms with van der Waals surface area (Å²) < 4.78 is 1.47. The van der Waals surface area contributed by atoms with Gasteiger partial charge in [-0.3, -0.25) is 9.59 Å². The van der Waals surface area contributed by atoms with Crippen molar-refractivity contribution in [1.29, 1.82) is 0 Å². The number of carbonyl (C=O) groups excluding carboxylic acids is 2. The quantitative estimate of drug-likeness (QED) is 0.918. The van der Waals surface area contributed by atoms with Crippen molar-refractivity contribution in [2.45, 2.75) is 46.2 Å². The van der Waals surface area contributed by atoms with Gasteiger partial charge in [-0.15, -0.1) is 0 Å². The van der Waals surface area contributed by atoms with Gasteiger partial charge in [-0.2, -0.15) is 5.10 Å². The molecule has 2 amide bonds. The van der Waals surface area contributed by atoms with Crippen LogP contribution in [0, 0.1) is 20.8 Å². The fraction of sp³-hybridized carbons (Fsp3) is 0.444. The van der Waals surface area contributed by atoms with Crippen molar-refractivity contribution in [2.24, 2.45) is 0 Å². The number of benzene rings is 1. The zero-order valence-corrected chi connectivity index (χ0v) is 15.0. The van der Waals surface area contributed by atoms with Crippen molar-refractivity contribution in [2.75, 3.05) is 11.4 Å². The Morgan fingerprint density at radius 1 is 1.28 bits per heavy atom. The van der Waals surface area contributed by atoms with Gasteiger partial charge in [0.1, 0.15) is 24.7 Å². The Balaban J connectivity index is 1.73. The summed E-state index contributed by atoms with van der Waals surface area (Å²) in [5, 5.41) is 6.82. The molecule has 0 unspecified atom stereocenters. The summed E-state index contributed by atoms with van der Waals surface area (Å²) in [5.74, 6) is -0.294. The van der Waals surface area contributed by atoms with Crippen LogP contribution in [-0.4, -0.2) is 39.2 Å². The molecular weight excluding hydrogens is 318 g/mol. The molecule has 0 radical (unpaired) electrons. The Morgan fingerprint density at radius 2 is 1.96 bits per heavy atom. The highest BCUT2D eigenvalue weighted by molar-refractivity contribution is 6.02. The van der Waals surface area contributed by atoms with Gasteiger partial charge < -0.3 is 10.2 Å². The molecule has 1 aromatic carbocycles. The molecule has 1 aliphatic heterocycles. The molecule has 2 aromatic rings. The SMILES string of the molecule is Cc1cc(C)c(N2CC[C@@H](NC(=O)[C@H](C)n3cncn3)C2=O)c(C)c1. The molecule has 1 aromatic heterocycles. The Labute approximate surface area is 147 Å². The van der Waals surface area contributed by atoms with Crippen molar-refractivity contribution in [3.8, 4) is 0 Å². The predicted octanol–water partition coefficient (Wildman–Crippen LogP) is 1.69. The fourth-order valence-electron chi connectivity index (χ4n) is 3.46. The number of nitrogens with zero attached hydrogens (tertiary/aromatic N) is 4. The zero-order chi connectivity index (χ0) is 18.1. The van der Waals surface area contributed by atoms with E-state index in [9.17, 15) is 9.59 Å². The second-order valence-electron chi connectivity index (χ2n) is 6.64. The molecule has 0 saturated carbocycles. The van der Waals surface area contributed by atoms with Crippen LogP contribution in [0.1, 0.15) is 36.1 Å². The second-order valence-corrected chi connectivity index (χ2v) is 6.64. The molecule has 2 atom stereocenters. The fourth-order valence-corrected chi connectivity index (χ4v) is 3.46. The van der Waals surface area contributed by atoms with Gasteiger partial charge in [0.15, 0.2) is 0 Å². The smallest absolute Gasteiger partial charge is 0.249 e. The van der Waals surface area contributed by atoms with Gasteiger partial charge in [0.25, 0.3) is 0 Å². The second kappa shape index (κ2) is 6.66. The van der Waals surface area contributed by atoms with E-state index in [-0.39, 0.29) is 11.8 Å². The average Bonchev–Trinajstić information content (AvgIpc) is 3.18. The van der Waals surface area contributed by atoms with Crippen LogP contribution in [0.5, 0.6) is 0 Å². The van der Waals surface area contributed by atoms with Gasteiger partial charge in [0.2, 0.25) is 11.8 Å². The first-order valence-electron chi connectivity index (χ1n) is 8.42.